The van der Waals surface area contributed by atoms with Gasteiger partial charge >= 0.3 is 0 Å². The lowest BCUT2D eigenvalue weighted by atomic mass is 10.2. The fraction of sp³-hybridized carbons (Fsp3) is 0.417. The summed E-state index contributed by atoms with van der Waals surface area (Å²) in [4.78, 5) is 11.1. The summed E-state index contributed by atoms with van der Waals surface area (Å²) < 4.78 is 23.0. The van der Waals surface area contributed by atoms with Gasteiger partial charge in [-0.15, -0.1) is 0 Å². The van der Waals surface area contributed by atoms with Crippen LogP contribution in [0.5, 0.6) is 0 Å². The van der Waals surface area contributed by atoms with Crippen molar-refractivity contribution in [1.82, 2.24) is 0 Å². The molecule has 1 aromatic carbocycles. The number of anilines is 1. The van der Waals surface area contributed by atoms with E-state index in [-0.39, 0.29) is 28.1 Å². The van der Waals surface area contributed by atoms with E-state index in [1.807, 2.05) is 0 Å². The summed E-state index contributed by atoms with van der Waals surface area (Å²) in [5.74, 6) is -0.494. The van der Waals surface area contributed by atoms with Crippen LogP contribution in [0.1, 0.15) is 24.2 Å². The molecule has 0 aliphatic carbocycles. The van der Waals surface area contributed by atoms with Crippen LogP contribution in [0, 0.1) is 0 Å². The first kappa shape index (κ1) is 15.8. The molecule has 0 aliphatic rings. The highest BCUT2D eigenvalue weighted by Crippen LogP contribution is 2.20. The van der Waals surface area contributed by atoms with Gasteiger partial charge in [-0.1, -0.05) is 18.5 Å². The lowest BCUT2D eigenvalue weighted by molar-refractivity contribution is 0.100. The molecular formula is C12H17ClN2O3S. The van der Waals surface area contributed by atoms with Crippen LogP contribution in [0.4, 0.5) is 5.69 Å². The first-order valence-corrected chi connectivity index (χ1v) is 8.01. The van der Waals surface area contributed by atoms with Gasteiger partial charge in [0.15, 0.2) is 9.84 Å². The van der Waals surface area contributed by atoms with E-state index in [1.165, 1.54) is 6.07 Å². The molecule has 3 N–H and O–H groups in total. The maximum atomic E-state index is 11.5. The number of nitrogens with two attached hydrogens (primary N) is 1. The molecule has 0 heterocycles. The second-order valence-electron chi connectivity index (χ2n) is 4.30. The first-order chi connectivity index (χ1) is 8.75. The van der Waals surface area contributed by atoms with Crippen molar-refractivity contribution in [2.75, 3.05) is 16.8 Å². The molecule has 0 bridgehead atoms. The topological polar surface area (TPSA) is 89.3 Å². The maximum absolute atomic E-state index is 11.5. The van der Waals surface area contributed by atoms with Gasteiger partial charge in [-0.3, -0.25) is 4.79 Å². The van der Waals surface area contributed by atoms with Crippen molar-refractivity contribution < 1.29 is 13.2 Å². The molecule has 1 rings (SSSR count). The standard InChI is InChI=1S/C12H17ClN2O3S/c1-3-19(17,18)7-8(2)15-9-4-5-11(13)10(6-9)12(14)16/h4-6,8,15H,3,7H2,1-2H3,(H2,14,16). The number of nitrogens with one attached hydrogen (secondary N) is 1. The lowest BCUT2D eigenvalue weighted by Crippen LogP contribution is -2.26. The summed E-state index contributed by atoms with van der Waals surface area (Å²) in [6.07, 6.45) is 0. The average molecular weight is 305 g/mol. The smallest absolute Gasteiger partial charge is 0.250 e. The van der Waals surface area contributed by atoms with E-state index in [0.717, 1.165) is 0 Å². The van der Waals surface area contributed by atoms with Crippen LogP contribution < -0.4 is 11.1 Å². The number of halogens is 1. The third-order valence-corrected chi connectivity index (χ3v) is 4.81. The average Bonchev–Trinajstić information content (AvgIpc) is 2.30. The number of benzene rings is 1. The predicted molar refractivity (Wildman–Crippen MR) is 77.4 cm³/mol. The van der Waals surface area contributed by atoms with Crippen molar-refractivity contribution in [3.05, 3.63) is 28.8 Å². The van der Waals surface area contributed by atoms with Crippen molar-refractivity contribution in [2.45, 2.75) is 19.9 Å². The molecule has 0 saturated heterocycles. The number of carbonyl (C=O) groups is 1. The largest absolute Gasteiger partial charge is 0.382 e. The van der Waals surface area contributed by atoms with Gasteiger partial charge in [-0.2, -0.15) is 0 Å². The number of hydrogen-bond donors (Lipinski definition) is 2. The van der Waals surface area contributed by atoms with Gasteiger partial charge in [0.25, 0.3) is 0 Å². The number of amides is 1. The number of primary amides is 1. The van der Waals surface area contributed by atoms with Gasteiger partial charge in [0.2, 0.25) is 5.91 Å². The van der Waals surface area contributed by atoms with Crippen LogP contribution >= 0.6 is 11.6 Å². The molecule has 5 nitrogen and oxygen atoms in total. The fourth-order valence-electron chi connectivity index (χ4n) is 1.63. The van der Waals surface area contributed by atoms with E-state index in [4.69, 9.17) is 17.3 Å². The summed E-state index contributed by atoms with van der Waals surface area (Å²) in [7, 11) is -3.05. The minimum Gasteiger partial charge on any atom is -0.382 e. The first-order valence-electron chi connectivity index (χ1n) is 5.81. The van der Waals surface area contributed by atoms with Gasteiger partial charge in [-0.05, 0) is 25.1 Å². The zero-order valence-corrected chi connectivity index (χ0v) is 12.4. The van der Waals surface area contributed by atoms with Gasteiger partial charge in [0, 0.05) is 17.5 Å². The Morgan fingerprint density at radius 2 is 2.11 bits per heavy atom. The van der Waals surface area contributed by atoms with Gasteiger partial charge in [-0.25, -0.2) is 8.42 Å². The predicted octanol–water partition coefficient (Wildman–Crippen LogP) is 1.67. The van der Waals surface area contributed by atoms with Gasteiger partial charge in [0.1, 0.15) is 0 Å². The number of hydrogen-bond acceptors (Lipinski definition) is 4. The molecule has 0 radical (unpaired) electrons. The molecule has 1 unspecified atom stereocenters. The zero-order valence-electron chi connectivity index (χ0n) is 10.8. The van der Waals surface area contributed by atoms with Crippen LogP contribution in [0.3, 0.4) is 0 Å². The molecule has 0 aromatic heterocycles. The molecule has 0 aliphatic heterocycles. The second-order valence-corrected chi connectivity index (χ2v) is 7.11. The highest BCUT2D eigenvalue weighted by molar-refractivity contribution is 7.91. The van der Waals surface area contributed by atoms with E-state index in [2.05, 4.69) is 5.32 Å². The van der Waals surface area contributed by atoms with Crippen molar-refractivity contribution in [3.63, 3.8) is 0 Å². The quantitative estimate of drug-likeness (QED) is 0.836. The van der Waals surface area contributed by atoms with E-state index in [1.54, 1.807) is 26.0 Å². The Bertz CT molecular complexity index is 572. The summed E-state index contributed by atoms with van der Waals surface area (Å²) in [5, 5.41) is 3.28. The maximum Gasteiger partial charge on any atom is 0.250 e. The Morgan fingerprint density at radius 3 is 2.63 bits per heavy atom. The van der Waals surface area contributed by atoms with Gasteiger partial charge < -0.3 is 11.1 Å². The lowest BCUT2D eigenvalue weighted by Gasteiger charge is -2.15. The third kappa shape index (κ3) is 4.72. The fourth-order valence-corrected chi connectivity index (χ4v) is 2.92. The monoisotopic (exact) mass is 304 g/mol. The Balaban J connectivity index is 2.83. The normalized spacial score (nSPS) is 13.0. The Hall–Kier alpha value is -1.27. The van der Waals surface area contributed by atoms with Crippen molar-refractivity contribution in [3.8, 4) is 0 Å². The van der Waals surface area contributed by atoms with Crippen molar-refractivity contribution in [1.29, 1.82) is 0 Å². The Kier molecular flexibility index (Phi) is 5.20. The summed E-state index contributed by atoms with van der Waals surface area (Å²) >= 11 is 5.83. The van der Waals surface area contributed by atoms with E-state index in [9.17, 15) is 13.2 Å². The van der Waals surface area contributed by atoms with E-state index >= 15 is 0 Å². The Labute approximate surface area is 118 Å². The summed E-state index contributed by atoms with van der Waals surface area (Å²) in [6, 6.07) is 4.46. The Morgan fingerprint density at radius 1 is 1.47 bits per heavy atom. The van der Waals surface area contributed by atoms with Crippen LogP contribution in [-0.2, 0) is 9.84 Å². The minimum absolute atomic E-state index is 0.0258. The molecule has 0 saturated carbocycles. The highest BCUT2D eigenvalue weighted by atomic mass is 35.5. The zero-order chi connectivity index (χ0) is 14.6. The number of rotatable bonds is 6. The van der Waals surface area contributed by atoms with Crippen LogP contribution in [0.25, 0.3) is 0 Å². The van der Waals surface area contributed by atoms with Crippen LogP contribution in [0.15, 0.2) is 18.2 Å². The molecule has 1 amide bonds. The molecule has 7 heteroatoms. The summed E-state index contributed by atoms with van der Waals surface area (Å²) in [6.45, 7) is 3.36. The van der Waals surface area contributed by atoms with Crippen molar-refractivity contribution in [2.24, 2.45) is 5.73 Å². The third-order valence-electron chi connectivity index (χ3n) is 2.59. The summed E-state index contributed by atoms with van der Waals surface area (Å²) in [5.41, 5.74) is 6.00. The van der Waals surface area contributed by atoms with Crippen LogP contribution in [-0.4, -0.2) is 31.9 Å². The van der Waals surface area contributed by atoms with Gasteiger partial charge in [0.05, 0.1) is 16.3 Å². The molecule has 1 atom stereocenters. The van der Waals surface area contributed by atoms with E-state index in [0.29, 0.717) is 5.69 Å². The molecule has 0 spiro atoms. The van der Waals surface area contributed by atoms with E-state index < -0.39 is 15.7 Å². The SMILES string of the molecule is CCS(=O)(=O)CC(C)Nc1ccc(Cl)c(C(N)=O)c1. The minimum atomic E-state index is -3.05. The molecule has 106 valence electrons. The second kappa shape index (κ2) is 6.25. The molecule has 0 fully saturated rings. The van der Waals surface area contributed by atoms with Crippen molar-refractivity contribution >= 4 is 33.0 Å². The number of carbonyl (C=O) groups excluding carboxylic acids is 1. The molecular weight excluding hydrogens is 288 g/mol. The highest BCUT2D eigenvalue weighted by Gasteiger charge is 2.14. The molecule has 1 aromatic rings. The number of sulfone groups is 1. The van der Waals surface area contributed by atoms with Crippen LogP contribution in [0.2, 0.25) is 5.02 Å². The molecule has 19 heavy (non-hydrogen) atoms.